The van der Waals surface area contributed by atoms with Gasteiger partial charge in [-0.25, -0.2) is 8.42 Å². The summed E-state index contributed by atoms with van der Waals surface area (Å²) in [5, 5.41) is 0.686. The number of amides is 1. The highest BCUT2D eigenvalue weighted by Gasteiger charge is 2.29. The Kier molecular flexibility index (Phi) is 7.44. The molecule has 1 aliphatic heterocycles. The highest BCUT2D eigenvalue weighted by Crippen LogP contribution is 2.25. The molecular formula is C21H25BrClN3O3S. The molecule has 0 N–H and O–H groups in total. The predicted molar refractivity (Wildman–Crippen MR) is 124 cm³/mol. The molecule has 1 aliphatic rings. The molecule has 2 aromatic carbocycles. The van der Waals surface area contributed by atoms with E-state index in [4.69, 9.17) is 11.6 Å². The molecule has 1 saturated heterocycles. The number of benzene rings is 2. The van der Waals surface area contributed by atoms with E-state index in [9.17, 15) is 13.2 Å². The van der Waals surface area contributed by atoms with Crippen LogP contribution in [0.2, 0.25) is 5.02 Å². The van der Waals surface area contributed by atoms with Gasteiger partial charge in [0.2, 0.25) is 15.9 Å². The van der Waals surface area contributed by atoms with Gasteiger partial charge in [-0.1, -0.05) is 40.5 Å². The quantitative estimate of drug-likeness (QED) is 0.589. The maximum absolute atomic E-state index is 12.9. The minimum Gasteiger partial charge on any atom is -0.368 e. The summed E-state index contributed by atoms with van der Waals surface area (Å²) >= 11 is 9.44. The first-order valence-electron chi connectivity index (χ1n) is 9.77. The lowest BCUT2D eigenvalue weighted by molar-refractivity contribution is -0.131. The van der Waals surface area contributed by atoms with Crippen molar-refractivity contribution >= 4 is 49.1 Å². The summed E-state index contributed by atoms with van der Waals surface area (Å²) < 4.78 is 27.9. The van der Waals surface area contributed by atoms with E-state index in [1.807, 2.05) is 25.1 Å². The van der Waals surface area contributed by atoms with Gasteiger partial charge in [-0.2, -0.15) is 4.31 Å². The van der Waals surface area contributed by atoms with E-state index >= 15 is 0 Å². The number of carbonyl (C=O) groups is 1. The molecule has 1 fully saturated rings. The van der Waals surface area contributed by atoms with Crippen molar-refractivity contribution < 1.29 is 13.2 Å². The van der Waals surface area contributed by atoms with E-state index in [0.29, 0.717) is 31.2 Å². The maximum Gasteiger partial charge on any atom is 0.243 e. The van der Waals surface area contributed by atoms with Crippen molar-refractivity contribution in [1.82, 2.24) is 9.21 Å². The van der Waals surface area contributed by atoms with Crippen molar-refractivity contribution in [3.8, 4) is 0 Å². The number of anilines is 1. The average Bonchev–Trinajstić information content (AvgIpc) is 2.74. The predicted octanol–water partition coefficient (Wildman–Crippen LogP) is 3.77. The van der Waals surface area contributed by atoms with Gasteiger partial charge in [0.25, 0.3) is 0 Å². The number of hydrogen-bond acceptors (Lipinski definition) is 4. The first kappa shape index (κ1) is 23.1. The van der Waals surface area contributed by atoms with Crippen LogP contribution in [-0.2, 0) is 14.8 Å². The number of rotatable bonds is 6. The molecule has 3 rings (SSSR count). The molecule has 0 spiro atoms. The molecule has 9 heteroatoms. The third kappa shape index (κ3) is 5.17. The van der Waals surface area contributed by atoms with Gasteiger partial charge in [0.1, 0.15) is 0 Å². The van der Waals surface area contributed by atoms with Crippen LogP contribution in [0.4, 0.5) is 5.69 Å². The Morgan fingerprint density at radius 2 is 1.73 bits per heavy atom. The molecule has 1 amide bonds. The number of hydrogen-bond donors (Lipinski definition) is 0. The molecule has 162 valence electrons. The van der Waals surface area contributed by atoms with Gasteiger partial charge in [-0.15, -0.1) is 0 Å². The van der Waals surface area contributed by atoms with Gasteiger partial charge in [-0.3, -0.25) is 4.79 Å². The van der Waals surface area contributed by atoms with Gasteiger partial charge in [0.15, 0.2) is 0 Å². The van der Waals surface area contributed by atoms with Crippen molar-refractivity contribution in [2.75, 3.05) is 44.2 Å². The van der Waals surface area contributed by atoms with E-state index in [0.717, 1.165) is 15.7 Å². The fraction of sp³-hybridized carbons (Fsp3) is 0.381. The second-order valence-corrected chi connectivity index (χ2v) is 10.5. The van der Waals surface area contributed by atoms with Crippen LogP contribution in [-0.4, -0.2) is 62.8 Å². The number of halogens is 2. The van der Waals surface area contributed by atoms with Crippen LogP contribution in [0.15, 0.2) is 51.8 Å². The zero-order valence-corrected chi connectivity index (χ0v) is 20.2. The molecule has 0 saturated carbocycles. The summed E-state index contributed by atoms with van der Waals surface area (Å²) in [5.41, 5.74) is 2.21. The van der Waals surface area contributed by atoms with E-state index in [1.165, 1.54) is 4.31 Å². The van der Waals surface area contributed by atoms with Crippen LogP contribution in [0.25, 0.3) is 0 Å². The van der Waals surface area contributed by atoms with Gasteiger partial charge in [0.05, 0.1) is 11.4 Å². The van der Waals surface area contributed by atoms with Gasteiger partial charge >= 0.3 is 0 Å². The minimum absolute atomic E-state index is 0.162. The van der Waals surface area contributed by atoms with E-state index in [2.05, 4.69) is 20.8 Å². The molecule has 2 aromatic rings. The third-order valence-corrected chi connectivity index (χ3v) is 7.96. The number of likely N-dealkylation sites (N-methyl/N-ethyl adjacent to an activating group) is 1. The van der Waals surface area contributed by atoms with E-state index < -0.39 is 10.0 Å². The molecule has 0 atom stereocenters. The summed E-state index contributed by atoms with van der Waals surface area (Å²) in [6.07, 6.45) is 0. The molecule has 0 radical (unpaired) electrons. The Hall–Kier alpha value is -1.61. The van der Waals surface area contributed by atoms with Gasteiger partial charge in [0, 0.05) is 47.9 Å². The standard InChI is InChI=1S/C21H25BrClN3O3S/c1-3-26(30(28,29)19-8-5-17(22)6-9-19)15-21(27)25-12-10-24(11-13-25)20-14-18(23)7-4-16(20)2/h4-9,14H,3,10-13,15H2,1-2H3. The van der Waals surface area contributed by atoms with Crippen LogP contribution >= 0.6 is 27.5 Å². The summed E-state index contributed by atoms with van der Waals surface area (Å²) in [4.78, 5) is 17.0. The lowest BCUT2D eigenvalue weighted by Crippen LogP contribution is -2.52. The Labute approximate surface area is 191 Å². The summed E-state index contributed by atoms with van der Waals surface area (Å²) in [6, 6.07) is 12.2. The van der Waals surface area contributed by atoms with Gasteiger partial charge in [-0.05, 0) is 48.9 Å². The lowest BCUT2D eigenvalue weighted by atomic mass is 10.1. The summed E-state index contributed by atoms with van der Waals surface area (Å²) in [7, 11) is -3.73. The maximum atomic E-state index is 12.9. The number of piperazine rings is 1. The molecule has 0 aliphatic carbocycles. The third-order valence-electron chi connectivity index (χ3n) is 5.26. The Balaban J connectivity index is 1.64. The zero-order chi connectivity index (χ0) is 21.9. The monoisotopic (exact) mass is 513 g/mol. The molecule has 0 bridgehead atoms. The van der Waals surface area contributed by atoms with Crippen LogP contribution in [0.5, 0.6) is 0 Å². The second kappa shape index (κ2) is 9.68. The summed E-state index contributed by atoms with van der Waals surface area (Å²) in [5.74, 6) is -0.181. The molecule has 1 heterocycles. The fourth-order valence-corrected chi connectivity index (χ4v) is 5.32. The Bertz CT molecular complexity index is 1010. The van der Waals surface area contributed by atoms with Crippen LogP contribution in [0.1, 0.15) is 12.5 Å². The van der Waals surface area contributed by atoms with Crippen molar-refractivity contribution in [2.24, 2.45) is 0 Å². The smallest absolute Gasteiger partial charge is 0.243 e. The first-order chi connectivity index (χ1) is 14.2. The normalized spacial score (nSPS) is 15.0. The van der Waals surface area contributed by atoms with Crippen LogP contribution < -0.4 is 4.90 Å². The average molecular weight is 515 g/mol. The highest BCUT2D eigenvalue weighted by molar-refractivity contribution is 9.10. The SMILES string of the molecule is CCN(CC(=O)N1CCN(c2cc(Cl)ccc2C)CC1)S(=O)(=O)c1ccc(Br)cc1. The number of nitrogens with zero attached hydrogens (tertiary/aromatic N) is 3. The highest BCUT2D eigenvalue weighted by atomic mass is 79.9. The topological polar surface area (TPSA) is 60.9 Å². The van der Waals surface area contributed by atoms with Crippen molar-refractivity contribution in [2.45, 2.75) is 18.7 Å². The number of sulfonamides is 1. The number of aryl methyl sites for hydroxylation is 1. The van der Waals surface area contributed by atoms with E-state index in [1.54, 1.807) is 36.1 Å². The van der Waals surface area contributed by atoms with E-state index in [-0.39, 0.29) is 23.9 Å². The van der Waals surface area contributed by atoms with Gasteiger partial charge < -0.3 is 9.80 Å². The van der Waals surface area contributed by atoms with Crippen molar-refractivity contribution in [3.63, 3.8) is 0 Å². The molecule has 0 unspecified atom stereocenters. The zero-order valence-electron chi connectivity index (χ0n) is 17.0. The Morgan fingerprint density at radius 3 is 2.33 bits per heavy atom. The van der Waals surface area contributed by atoms with Crippen LogP contribution in [0, 0.1) is 6.92 Å². The molecular weight excluding hydrogens is 490 g/mol. The van der Waals surface area contributed by atoms with Crippen molar-refractivity contribution in [1.29, 1.82) is 0 Å². The Morgan fingerprint density at radius 1 is 1.10 bits per heavy atom. The van der Waals surface area contributed by atoms with Crippen LogP contribution in [0.3, 0.4) is 0 Å². The summed E-state index contributed by atoms with van der Waals surface area (Å²) in [6.45, 7) is 6.29. The molecule has 0 aromatic heterocycles. The van der Waals surface area contributed by atoms with Crippen molar-refractivity contribution in [3.05, 3.63) is 57.5 Å². The lowest BCUT2D eigenvalue weighted by Gasteiger charge is -2.37. The molecule has 30 heavy (non-hydrogen) atoms. The first-order valence-corrected chi connectivity index (χ1v) is 12.4. The molecule has 6 nitrogen and oxygen atoms in total. The fourth-order valence-electron chi connectivity index (χ4n) is 3.49. The number of carbonyl (C=O) groups excluding carboxylic acids is 1. The second-order valence-electron chi connectivity index (χ2n) is 7.18. The minimum atomic E-state index is -3.73. The largest absolute Gasteiger partial charge is 0.368 e.